The predicted octanol–water partition coefficient (Wildman–Crippen LogP) is 16.8. The zero-order valence-corrected chi connectivity index (χ0v) is 32.2. The highest BCUT2D eigenvalue weighted by molar-refractivity contribution is 7.26. The van der Waals surface area contributed by atoms with E-state index in [-0.39, 0.29) is 0 Å². The lowest BCUT2D eigenvalue weighted by Crippen LogP contribution is -1.91. The van der Waals surface area contributed by atoms with Crippen LogP contribution in [0.2, 0.25) is 0 Å². The number of hydrogen-bond acceptors (Lipinski definition) is 3. The molecule has 3 heteroatoms. The summed E-state index contributed by atoms with van der Waals surface area (Å²) in [4.78, 5) is 0. The van der Waals surface area contributed by atoms with E-state index in [2.05, 4.69) is 182 Å². The molecule has 13 aromatic rings. The van der Waals surface area contributed by atoms with Crippen LogP contribution in [0.4, 0.5) is 0 Å². The summed E-state index contributed by atoms with van der Waals surface area (Å²) >= 11 is 3.73. The van der Waals surface area contributed by atoms with Gasteiger partial charge in [-0.15, -0.1) is 22.7 Å². The molecule has 264 valence electrons. The van der Waals surface area contributed by atoms with E-state index in [4.69, 9.17) is 4.42 Å². The van der Waals surface area contributed by atoms with Gasteiger partial charge in [0.15, 0.2) is 0 Å². The van der Waals surface area contributed by atoms with E-state index in [1.54, 1.807) is 0 Å². The van der Waals surface area contributed by atoms with E-state index in [9.17, 15) is 0 Å². The molecule has 0 bridgehead atoms. The molecule has 57 heavy (non-hydrogen) atoms. The van der Waals surface area contributed by atoms with Crippen LogP contribution in [0, 0.1) is 0 Å². The number of furan rings is 1. The highest BCUT2D eigenvalue weighted by Crippen LogP contribution is 2.47. The largest absolute Gasteiger partial charge is 0.455 e. The van der Waals surface area contributed by atoms with Crippen LogP contribution < -0.4 is 0 Å². The fraction of sp³-hybridized carbons (Fsp3) is 0. The minimum atomic E-state index is 0.935. The summed E-state index contributed by atoms with van der Waals surface area (Å²) in [6.45, 7) is 0. The Balaban J connectivity index is 0.990. The van der Waals surface area contributed by atoms with Crippen molar-refractivity contribution in [3.05, 3.63) is 182 Å². The first-order chi connectivity index (χ1) is 28.2. The van der Waals surface area contributed by atoms with Gasteiger partial charge >= 0.3 is 0 Å². The zero-order chi connectivity index (χ0) is 37.2. The van der Waals surface area contributed by atoms with Gasteiger partial charge in [-0.25, -0.2) is 0 Å². The molecule has 10 aromatic carbocycles. The Bertz CT molecular complexity index is 3750. The topological polar surface area (TPSA) is 13.1 Å². The van der Waals surface area contributed by atoms with Crippen molar-refractivity contribution >= 4 is 117 Å². The lowest BCUT2D eigenvalue weighted by atomic mass is 9.85. The second kappa shape index (κ2) is 11.9. The monoisotopic (exact) mass is 758 g/mol. The van der Waals surface area contributed by atoms with Crippen molar-refractivity contribution in [1.82, 2.24) is 0 Å². The average Bonchev–Trinajstić information content (AvgIpc) is 3.95. The molecule has 0 spiro atoms. The molecule has 0 N–H and O–H groups in total. The van der Waals surface area contributed by atoms with Gasteiger partial charge in [-0.05, 0) is 96.7 Å². The van der Waals surface area contributed by atoms with Gasteiger partial charge in [0, 0.05) is 56.5 Å². The number of hydrogen-bond donors (Lipinski definition) is 0. The summed E-state index contributed by atoms with van der Waals surface area (Å²) in [5.41, 5.74) is 9.32. The van der Waals surface area contributed by atoms with Crippen LogP contribution in [0.3, 0.4) is 0 Å². The third kappa shape index (κ3) is 4.56. The second-order valence-electron chi connectivity index (χ2n) is 15.1. The van der Waals surface area contributed by atoms with E-state index in [1.165, 1.54) is 101 Å². The van der Waals surface area contributed by atoms with E-state index in [0.29, 0.717) is 0 Å². The molecular weight excluding hydrogens is 729 g/mol. The average molecular weight is 759 g/mol. The minimum Gasteiger partial charge on any atom is -0.455 e. The molecule has 0 aliphatic carbocycles. The van der Waals surface area contributed by atoms with Crippen molar-refractivity contribution in [3.8, 4) is 33.4 Å². The standard InChI is InChI=1S/C54H30OS2/c1-6-18-42-34(11-1)43(28-46-44-30-51-45(29-47(44)55-54(42)46)36-13-8-10-20-49(36)57-51)31-21-23-32(24-22-31)52-38-14-2-4-16-40(38)53(41-17-5-3-15-39(41)52)33-25-26-37-35-12-7-9-19-48(35)56-50(37)27-33/h1-30H. The van der Waals surface area contributed by atoms with Gasteiger partial charge in [-0.1, -0.05) is 146 Å². The Kier molecular flexibility index (Phi) is 6.54. The van der Waals surface area contributed by atoms with E-state index >= 15 is 0 Å². The predicted molar refractivity (Wildman–Crippen MR) is 248 cm³/mol. The first kappa shape index (κ1) is 31.4. The maximum absolute atomic E-state index is 6.72. The molecule has 0 aliphatic heterocycles. The molecule has 3 heterocycles. The minimum absolute atomic E-state index is 0.935. The lowest BCUT2D eigenvalue weighted by molar-refractivity contribution is 0.673. The maximum atomic E-state index is 6.72. The maximum Gasteiger partial charge on any atom is 0.143 e. The second-order valence-corrected chi connectivity index (χ2v) is 17.3. The van der Waals surface area contributed by atoms with Crippen molar-refractivity contribution in [2.75, 3.05) is 0 Å². The van der Waals surface area contributed by atoms with Crippen LogP contribution in [0.1, 0.15) is 0 Å². The molecule has 0 fully saturated rings. The fourth-order valence-corrected chi connectivity index (χ4v) is 11.8. The van der Waals surface area contributed by atoms with Crippen molar-refractivity contribution in [3.63, 3.8) is 0 Å². The Labute approximate surface area is 335 Å². The van der Waals surface area contributed by atoms with Gasteiger partial charge in [-0.2, -0.15) is 0 Å². The Hall–Kier alpha value is -6.78. The van der Waals surface area contributed by atoms with Crippen LogP contribution in [0.5, 0.6) is 0 Å². The number of fused-ring (bicyclic) bond motifs is 13. The van der Waals surface area contributed by atoms with Crippen LogP contribution >= 0.6 is 22.7 Å². The Morgan fingerprint density at radius 3 is 1.40 bits per heavy atom. The van der Waals surface area contributed by atoms with E-state index in [0.717, 1.165) is 27.3 Å². The molecule has 0 radical (unpaired) electrons. The van der Waals surface area contributed by atoms with Gasteiger partial charge < -0.3 is 4.42 Å². The van der Waals surface area contributed by atoms with E-state index < -0.39 is 0 Å². The molecule has 0 amide bonds. The highest BCUT2D eigenvalue weighted by atomic mass is 32.1. The van der Waals surface area contributed by atoms with Crippen LogP contribution in [-0.2, 0) is 0 Å². The third-order valence-electron chi connectivity index (χ3n) is 12.1. The van der Waals surface area contributed by atoms with Crippen LogP contribution in [0.25, 0.3) is 128 Å². The molecule has 13 rings (SSSR count). The summed E-state index contributed by atoms with van der Waals surface area (Å²) in [6, 6.07) is 67.2. The SMILES string of the molecule is c1ccc2c(c1)sc1cc(-c3c4ccccc4c(-c4ccc(-c5cc6c7cc8sc9ccccc9c8cc7oc6c6ccccc56)cc4)c4ccccc34)ccc12. The van der Waals surface area contributed by atoms with Gasteiger partial charge in [0.25, 0.3) is 0 Å². The number of thiophene rings is 2. The molecule has 0 saturated carbocycles. The van der Waals surface area contributed by atoms with Crippen molar-refractivity contribution in [2.45, 2.75) is 0 Å². The quantitative estimate of drug-likeness (QED) is 0.164. The van der Waals surface area contributed by atoms with E-state index in [1.807, 2.05) is 22.7 Å². The highest BCUT2D eigenvalue weighted by Gasteiger charge is 2.20. The number of benzene rings is 10. The van der Waals surface area contributed by atoms with Gasteiger partial charge in [0.1, 0.15) is 11.2 Å². The smallest absolute Gasteiger partial charge is 0.143 e. The summed E-state index contributed by atoms with van der Waals surface area (Å²) in [5, 5.41) is 14.9. The van der Waals surface area contributed by atoms with Gasteiger partial charge in [-0.3, -0.25) is 0 Å². The molecule has 0 saturated heterocycles. The zero-order valence-electron chi connectivity index (χ0n) is 30.5. The summed E-state index contributed by atoms with van der Waals surface area (Å²) in [7, 11) is 0. The summed E-state index contributed by atoms with van der Waals surface area (Å²) < 4.78 is 12.0. The van der Waals surface area contributed by atoms with Crippen LogP contribution in [0.15, 0.2) is 186 Å². The third-order valence-corrected chi connectivity index (χ3v) is 14.3. The Morgan fingerprint density at radius 2 is 0.754 bits per heavy atom. The first-order valence-electron chi connectivity index (χ1n) is 19.4. The normalized spacial score (nSPS) is 12.2. The fourth-order valence-electron chi connectivity index (χ4n) is 9.50. The van der Waals surface area contributed by atoms with Crippen molar-refractivity contribution in [2.24, 2.45) is 0 Å². The van der Waals surface area contributed by atoms with Crippen molar-refractivity contribution < 1.29 is 4.42 Å². The first-order valence-corrected chi connectivity index (χ1v) is 21.0. The van der Waals surface area contributed by atoms with Crippen LogP contribution in [-0.4, -0.2) is 0 Å². The molecule has 0 unspecified atom stereocenters. The summed E-state index contributed by atoms with van der Waals surface area (Å²) in [6.07, 6.45) is 0. The van der Waals surface area contributed by atoms with Gasteiger partial charge in [0.2, 0.25) is 0 Å². The molecule has 0 atom stereocenters. The van der Waals surface area contributed by atoms with Crippen molar-refractivity contribution in [1.29, 1.82) is 0 Å². The molecule has 1 nitrogen and oxygen atoms in total. The summed E-state index contributed by atoms with van der Waals surface area (Å²) in [5.74, 6) is 0. The molecular formula is C54H30OS2. The molecule has 0 aliphatic rings. The lowest BCUT2D eigenvalue weighted by Gasteiger charge is -2.18. The molecule has 3 aromatic heterocycles. The number of rotatable bonds is 3. The Morgan fingerprint density at radius 1 is 0.281 bits per heavy atom. The van der Waals surface area contributed by atoms with Gasteiger partial charge in [0.05, 0.1) is 0 Å².